The largest absolute Gasteiger partial charge is 0.353 e. The third-order valence-electron chi connectivity index (χ3n) is 1.86. The molecule has 13 heavy (non-hydrogen) atoms. The molecule has 0 bridgehead atoms. The van der Waals surface area contributed by atoms with Crippen molar-refractivity contribution in [2.24, 2.45) is 16.8 Å². The predicted octanol–water partition coefficient (Wildman–Crippen LogP) is 0.848. The van der Waals surface area contributed by atoms with Crippen LogP contribution in [-0.4, -0.2) is 18.0 Å². The van der Waals surface area contributed by atoms with Crippen molar-refractivity contribution in [1.29, 1.82) is 0 Å². The van der Waals surface area contributed by atoms with E-state index in [1.165, 1.54) is 0 Å². The number of nitrogens with one attached hydrogen (secondary N) is 2. The average molecular weight is 186 g/mol. The van der Waals surface area contributed by atoms with E-state index in [9.17, 15) is 0 Å². The minimum atomic E-state index is 0.275. The fraction of sp³-hybridized carbons (Fsp3) is 0.889. The van der Waals surface area contributed by atoms with Crippen LogP contribution in [0.3, 0.4) is 0 Å². The third kappa shape index (κ3) is 5.47. The Balaban J connectivity index is 4.20. The number of nitrogens with two attached hydrogens (primary N) is 1. The van der Waals surface area contributed by atoms with Gasteiger partial charge in [0.25, 0.3) is 0 Å². The van der Waals surface area contributed by atoms with Gasteiger partial charge in [-0.05, 0) is 26.7 Å². The van der Waals surface area contributed by atoms with Gasteiger partial charge in [-0.2, -0.15) is 0 Å². The molecule has 0 aliphatic carbocycles. The van der Waals surface area contributed by atoms with Crippen LogP contribution in [0.2, 0.25) is 0 Å². The molecule has 0 spiro atoms. The SMILES string of the molecule is CC(C)NC(=NC(C)C(C)C)NN. The lowest BCUT2D eigenvalue weighted by Gasteiger charge is -2.16. The van der Waals surface area contributed by atoms with Gasteiger partial charge in [-0.1, -0.05) is 13.8 Å². The van der Waals surface area contributed by atoms with Crippen LogP contribution in [0, 0.1) is 5.92 Å². The lowest BCUT2D eigenvalue weighted by Crippen LogP contribution is -2.45. The summed E-state index contributed by atoms with van der Waals surface area (Å²) in [5, 5.41) is 3.13. The molecule has 0 rings (SSSR count). The molecule has 4 N–H and O–H groups in total. The molecule has 0 aromatic carbocycles. The second-order valence-corrected chi connectivity index (χ2v) is 3.91. The van der Waals surface area contributed by atoms with Crippen molar-refractivity contribution < 1.29 is 0 Å². The molecule has 4 nitrogen and oxygen atoms in total. The fourth-order valence-electron chi connectivity index (χ4n) is 0.742. The van der Waals surface area contributed by atoms with Gasteiger partial charge in [0.1, 0.15) is 0 Å². The van der Waals surface area contributed by atoms with Crippen LogP contribution in [0.15, 0.2) is 4.99 Å². The minimum Gasteiger partial charge on any atom is -0.353 e. The van der Waals surface area contributed by atoms with Crippen LogP contribution in [0.4, 0.5) is 0 Å². The summed E-state index contributed by atoms with van der Waals surface area (Å²) in [6.07, 6.45) is 0. The summed E-state index contributed by atoms with van der Waals surface area (Å²) in [5.41, 5.74) is 2.56. The van der Waals surface area contributed by atoms with Crippen LogP contribution in [0.25, 0.3) is 0 Å². The van der Waals surface area contributed by atoms with Crippen LogP contribution in [-0.2, 0) is 0 Å². The summed E-state index contributed by atoms with van der Waals surface area (Å²) < 4.78 is 0. The molecule has 0 saturated carbocycles. The summed E-state index contributed by atoms with van der Waals surface area (Å²) in [7, 11) is 0. The Morgan fingerprint density at radius 2 is 1.69 bits per heavy atom. The number of hydrogen-bond acceptors (Lipinski definition) is 2. The van der Waals surface area contributed by atoms with Crippen LogP contribution >= 0.6 is 0 Å². The van der Waals surface area contributed by atoms with Gasteiger partial charge in [0.2, 0.25) is 5.96 Å². The molecule has 1 atom stereocenters. The normalized spacial score (nSPS) is 14.9. The molecule has 4 heteroatoms. The maximum atomic E-state index is 5.33. The highest BCUT2D eigenvalue weighted by Crippen LogP contribution is 2.04. The summed E-state index contributed by atoms with van der Waals surface area (Å²) >= 11 is 0. The topological polar surface area (TPSA) is 62.4 Å². The molecule has 0 radical (unpaired) electrons. The molecule has 0 heterocycles. The molecular formula is C9H22N4. The van der Waals surface area contributed by atoms with Crippen LogP contribution in [0.1, 0.15) is 34.6 Å². The zero-order chi connectivity index (χ0) is 10.4. The van der Waals surface area contributed by atoms with E-state index in [2.05, 4.69) is 36.5 Å². The summed E-state index contributed by atoms with van der Waals surface area (Å²) in [5.74, 6) is 6.51. The van der Waals surface area contributed by atoms with E-state index >= 15 is 0 Å². The summed E-state index contributed by atoms with van der Waals surface area (Å²) in [4.78, 5) is 4.40. The molecule has 0 aromatic heterocycles. The van der Waals surface area contributed by atoms with E-state index in [1.807, 2.05) is 13.8 Å². The Morgan fingerprint density at radius 1 is 1.15 bits per heavy atom. The maximum Gasteiger partial charge on any atom is 0.206 e. The van der Waals surface area contributed by atoms with E-state index in [0.29, 0.717) is 17.9 Å². The van der Waals surface area contributed by atoms with Gasteiger partial charge in [-0.25, -0.2) is 10.8 Å². The molecule has 1 unspecified atom stereocenters. The van der Waals surface area contributed by atoms with Crippen molar-refractivity contribution in [3.63, 3.8) is 0 Å². The Bertz CT molecular complexity index is 163. The van der Waals surface area contributed by atoms with Crippen LogP contribution in [0.5, 0.6) is 0 Å². The first-order valence-electron chi connectivity index (χ1n) is 4.78. The quantitative estimate of drug-likeness (QED) is 0.265. The van der Waals surface area contributed by atoms with Crippen molar-refractivity contribution in [2.45, 2.75) is 46.7 Å². The van der Waals surface area contributed by atoms with Gasteiger partial charge in [0, 0.05) is 6.04 Å². The number of rotatable bonds is 3. The van der Waals surface area contributed by atoms with Gasteiger partial charge in [0.05, 0.1) is 6.04 Å². The van der Waals surface area contributed by atoms with Crippen molar-refractivity contribution in [3.05, 3.63) is 0 Å². The number of hydrazine groups is 1. The Hall–Kier alpha value is -0.770. The number of nitrogens with zero attached hydrogens (tertiary/aromatic N) is 1. The summed E-state index contributed by atoms with van der Waals surface area (Å²) in [6, 6.07) is 0.617. The molecule has 0 aliphatic rings. The fourth-order valence-corrected chi connectivity index (χ4v) is 0.742. The average Bonchev–Trinajstić information content (AvgIpc) is 2.02. The molecule has 0 aromatic rings. The van der Waals surface area contributed by atoms with E-state index in [-0.39, 0.29) is 6.04 Å². The first kappa shape index (κ1) is 12.2. The second kappa shape index (κ2) is 5.80. The van der Waals surface area contributed by atoms with Crippen molar-refractivity contribution in [1.82, 2.24) is 10.7 Å². The van der Waals surface area contributed by atoms with E-state index < -0.39 is 0 Å². The molecule has 0 amide bonds. The molecular weight excluding hydrogens is 164 g/mol. The smallest absolute Gasteiger partial charge is 0.206 e. The van der Waals surface area contributed by atoms with E-state index in [4.69, 9.17) is 5.84 Å². The number of guanidine groups is 1. The standard InChI is InChI=1S/C9H22N4/c1-6(2)8(5)12-9(13-10)11-7(3)4/h6-8H,10H2,1-5H3,(H2,11,12,13). The highest BCUT2D eigenvalue weighted by atomic mass is 15.3. The number of aliphatic imine (C=N–C) groups is 1. The molecule has 78 valence electrons. The molecule has 0 fully saturated rings. The highest BCUT2D eigenvalue weighted by molar-refractivity contribution is 5.79. The number of hydrogen-bond donors (Lipinski definition) is 3. The lowest BCUT2D eigenvalue weighted by molar-refractivity contribution is 0.524. The van der Waals surface area contributed by atoms with Crippen molar-refractivity contribution in [2.75, 3.05) is 0 Å². The molecule has 0 saturated heterocycles. The zero-order valence-electron chi connectivity index (χ0n) is 9.26. The first-order valence-corrected chi connectivity index (χ1v) is 4.78. The van der Waals surface area contributed by atoms with Gasteiger partial charge in [-0.3, -0.25) is 5.43 Å². The van der Waals surface area contributed by atoms with Gasteiger partial charge in [-0.15, -0.1) is 0 Å². The van der Waals surface area contributed by atoms with Gasteiger partial charge >= 0.3 is 0 Å². The van der Waals surface area contributed by atoms with E-state index in [1.54, 1.807) is 0 Å². The monoisotopic (exact) mass is 186 g/mol. The van der Waals surface area contributed by atoms with E-state index in [0.717, 1.165) is 0 Å². The van der Waals surface area contributed by atoms with Gasteiger partial charge in [0.15, 0.2) is 0 Å². The highest BCUT2D eigenvalue weighted by Gasteiger charge is 2.06. The Labute approximate surface area is 81.0 Å². The van der Waals surface area contributed by atoms with Crippen molar-refractivity contribution >= 4 is 5.96 Å². The Morgan fingerprint density at radius 3 is 2.00 bits per heavy atom. The second-order valence-electron chi connectivity index (χ2n) is 3.91. The zero-order valence-corrected chi connectivity index (χ0v) is 9.26. The summed E-state index contributed by atoms with van der Waals surface area (Å²) in [6.45, 7) is 10.4. The first-order chi connectivity index (χ1) is 5.97. The predicted molar refractivity (Wildman–Crippen MR) is 57.3 cm³/mol. The van der Waals surface area contributed by atoms with Gasteiger partial charge < -0.3 is 5.32 Å². The van der Waals surface area contributed by atoms with Crippen molar-refractivity contribution in [3.8, 4) is 0 Å². The lowest BCUT2D eigenvalue weighted by atomic mass is 10.1. The maximum absolute atomic E-state index is 5.33. The van der Waals surface area contributed by atoms with Crippen LogP contribution < -0.4 is 16.6 Å². The minimum absolute atomic E-state index is 0.275. The third-order valence-corrected chi connectivity index (χ3v) is 1.86. The molecule has 0 aliphatic heterocycles. The Kier molecular flexibility index (Phi) is 5.46.